The fraction of sp³-hybridized carbons (Fsp3) is 0.391. The summed E-state index contributed by atoms with van der Waals surface area (Å²) >= 11 is 1.33. The Labute approximate surface area is 197 Å². The zero-order chi connectivity index (χ0) is 23.4. The number of anilines is 1. The van der Waals surface area contributed by atoms with Gasteiger partial charge < -0.3 is 9.47 Å². The van der Waals surface area contributed by atoms with E-state index in [-0.39, 0.29) is 17.6 Å². The molecule has 8 nitrogen and oxygen atoms in total. The zero-order valence-electron chi connectivity index (χ0n) is 18.7. The minimum absolute atomic E-state index is 0.191. The van der Waals surface area contributed by atoms with Crippen LogP contribution < -0.4 is 14.8 Å². The molecule has 0 fully saturated rings. The van der Waals surface area contributed by atoms with Crippen molar-refractivity contribution in [2.24, 2.45) is 0 Å². The van der Waals surface area contributed by atoms with Crippen LogP contribution >= 0.6 is 11.3 Å². The Morgan fingerprint density at radius 1 is 1.06 bits per heavy atom. The maximum absolute atomic E-state index is 13.1. The van der Waals surface area contributed by atoms with Crippen molar-refractivity contribution in [1.29, 1.82) is 0 Å². The lowest BCUT2D eigenvalue weighted by Crippen LogP contribution is -2.33. The first-order valence-corrected chi connectivity index (χ1v) is 13.3. The summed E-state index contributed by atoms with van der Waals surface area (Å²) < 4.78 is 39.4. The third kappa shape index (κ3) is 5.13. The number of unbranched alkanes of at least 4 members (excludes halogenated alkanes) is 2. The van der Waals surface area contributed by atoms with Gasteiger partial charge in [-0.05, 0) is 37.1 Å². The van der Waals surface area contributed by atoms with Crippen molar-refractivity contribution in [1.82, 2.24) is 9.29 Å². The Bertz CT molecular complexity index is 1190. The summed E-state index contributed by atoms with van der Waals surface area (Å²) in [5.41, 5.74) is 1.07. The first-order chi connectivity index (χ1) is 15.9. The van der Waals surface area contributed by atoms with Gasteiger partial charge in [-0.25, -0.2) is 13.4 Å². The molecule has 0 bridgehead atoms. The maximum Gasteiger partial charge on any atom is 0.257 e. The summed E-state index contributed by atoms with van der Waals surface area (Å²) in [6.07, 6.45) is 3.47. The molecule has 1 N–H and O–H groups in total. The van der Waals surface area contributed by atoms with Crippen LogP contribution in [0.1, 0.15) is 49.9 Å². The molecule has 176 valence electrons. The van der Waals surface area contributed by atoms with Crippen molar-refractivity contribution in [2.75, 3.05) is 25.2 Å². The number of sulfonamides is 1. The SMILES string of the molecule is CCCCN(CCCC)S(=O)(=O)c1ccc(C(=O)Nc2nc3cc4c(cc3s2)OCO4)cc1. The van der Waals surface area contributed by atoms with Gasteiger partial charge in [0, 0.05) is 30.8 Å². The maximum atomic E-state index is 13.1. The molecule has 0 spiro atoms. The number of fused-ring (bicyclic) bond motifs is 2. The van der Waals surface area contributed by atoms with Crippen molar-refractivity contribution in [3.05, 3.63) is 42.0 Å². The van der Waals surface area contributed by atoms with E-state index in [0.29, 0.717) is 40.8 Å². The smallest absolute Gasteiger partial charge is 0.257 e. The molecule has 2 heterocycles. The van der Waals surface area contributed by atoms with Crippen LogP contribution in [-0.2, 0) is 10.0 Å². The van der Waals surface area contributed by atoms with Gasteiger partial charge in [-0.2, -0.15) is 4.31 Å². The lowest BCUT2D eigenvalue weighted by atomic mass is 10.2. The second-order valence-corrected chi connectivity index (χ2v) is 10.8. The average molecular weight is 490 g/mol. The highest BCUT2D eigenvalue weighted by Crippen LogP contribution is 2.39. The third-order valence-corrected chi connectivity index (χ3v) is 8.23. The molecule has 1 aliphatic heterocycles. The van der Waals surface area contributed by atoms with E-state index in [9.17, 15) is 13.2 Å². The minimum atomic E-state index is -3.60. The Kier molecular flexibility index (Phi) is 7.16. The average Bonchev–Trinajstić information content (AvgIpc) is 3.42. The lowest BCUT2D eigenvalue weighted by molar-refractivity contribution is 0.102. The molecular formula is C23H27N3O5S2. The summed E-state index contributed by atoms with van der Waals surface area (Å²) in [5.74, 6) is 0.939. The van der Waals surface area contributed by atoms with E-state index in [1.165, 1.54) is 35.6 Å². The second-order valence-electron chi connectivity index (χ2n) is 7.78. The van der Waals surface area contributed by atoms with Crippen molar-refractivity contribution >= 4 is 42.6 Å². The predicted molar refractivity (Wildman–Crippen MR) is 129 cm³/mol. The van der Waals surface area contributed by atoms with Crippen LogP contribution in [-0.4, -0.2) is 43.5 Å². The molecule has 0 atom stereocenters. The quantitative estimate of drug-likeness (QED) is 0.436. The number of nitrogens with one attached hydrogen (secondary N) is 1. The summed E-state index contributed by atoms with van der Waals surface area (Å²) in [4.78, 5) is 17.4. The number of hydrogen-bond donors (Lipinski definition) is 1. The minimum Gasteiger partial charge on any atom is -0.454 e. The van der Waals surface area contributed by atoms with Crippen LogP contribution in [0.5, 0.6) is 11.5 Å². The van der Waals surface area contributed by atoms with Crippen LogP contribution in [0.25, 0.3) is 10.2 Å². The van der Waals surface area contributed by atoms with Gasteiger partial charge in [0.2, 0.25) is 16.8 Å². The Hall–Kier alpha value is -2.69. The number of aromatic nitrogens is 1. The molecule has 1 amide bonds. The first-order valence-electron chi connectivity index (χ1n) is 11.0. The zero-order valence-corrected chi connectivity index (χ0v) is 20.3. The van der Waals surface area contributed by atoms with E-state index < -0.39 is 10.0 Å². The highest BCUT2D eigenvalue weighted by Gasteiger charge is 2.24. The fourth-order valence-corrected chi connectivity index (χ4v) is 5.88. The van der Waals surface area contributed by atoms with Gasteiger partial charge in [0.05, 0.1) is 15.1 Å². The van der Waals surface area contributed by atoms with E-state index in [2.05, 4.69) is 10.3 Å². The normalized spacial score (nSPS) is 13.1. The number of thiazole rings is 1. The Balaban J connectivity index is 1.48. The van der Waals surface area contributed by atoms with Crippen LogP contribution in [0, 0.1) is 0 Å². The number of amides is 1. The standard InChI is InChI=1S/C23H27N3O5S2/c1-3-5-11-26(12-6-4-2)33(28,29)17-9-7-16(8-10-17)22(27)25-23-24-18-13-19-20(31-15-30-19)14-21(18)32-23/h7-10,13-14H,3-6,11-12,15H2,1-2H3,(H,24,25,27). The van der Waals surface area contributed by atoms with Gasteiger partial charge in [-0.1, -0.05) is 38.0 Å². The van der Waals surface area contributed by atoms with E-state index in [0.717, 1.165) is 30.4 Å². The van der Waals surface area contributed by atoms with Crippen LogP contribution in [0.15, 0.2) is 41.3 Å². The number of rotatable bonds is 10. The number of ether oxygens (including phenoxy) is 2. The van der Waals surface area contributed by atoms with E-state index in [4.69, 9.17) is 9.47 Å². The number of nitrogens with zero attached hydrogens (tertiary/aromatic N) is 2. The summed E-state index contributed by atoms with van der Waals surface area (Å²) in [6, 6.07) is 9.67. The highest BCUT2D eigenvalue weighted by molar-refractivity contribution is 7.89. The Morgan fingerprint density at radius 2 is 1.70 bits per heavy atom. The lowest BCUT2D eigenvalue weighted by Gasteiger charge is -2.22. The van der Waals surface area contributed by atoms with Gasteiger partial charge in [-0.3, -0.25) is 10.1 Å². The van der Waals surface area contributed by atoms with Crippen LogP contribution in [0.2, 0.25) is 0 Å². The first kappa shape index (κ1) is 23.5. The van der Waals surface area contributed by atoms with Gasteiger partial charge in [0.1, 0.15) is 0 Å². The second kappa shape index (κ2) is 10.1. The molecule has 4 rings (SSSR count). The van der Waals surface area contributed by atoms with Crippen molar-refractivity contribution in [2.45, 2.75) is 44.4 Å². The summed E-state index contributed by atoms with van der Waals surface area (Å²) in [6.45, 7) is 5.27. The van der Waals surface area contributed by atoms with E-state index in [1.54, 1.807) is 10.4 Å². The van der Waals surface area contributed by atoms with Crippen molar-refractivity contribution < 1.29 is 22.7 Å². The van der Waals surface area contributed by atoms with Crippen molar-refractivity contribution in [3.63, 3.8) is 0 Å². The monoisotopic (exact) mass is 489 g/mol. The third-order valence-electron chi connectivity index (χ3n) is 5.38. The largest absolute Gasteiger partial charge is 0.454 e. The molecule has 0 radical (unpaired) electrons. The Morgan fingerprint density at radius 3 is 2.33 bits per heavy atom. The number of carbonyl (C=O) groups excluding carboxylic acids is 1. The summed E-state index contributed by atoms with van der Waals surface area (Å²) in [7, 11) is -3.60. The highest BCUT2D eigenvalue weighted by atomic mass is 32.2. The van der Waals surface area contributed by atoms with Gasteiger partial charge in [0.25, 0.3) is 5.91 Å². The topological polar surface area (TPSA) is 97.8 Å². The fourth-order valence-electron chi connectivity index (χ4n) is 3.49. The molecule has 10 heteroatoms. The number of carbonyl (C=O) groups is 1. The predicted octanol–water partition coefficient (Wildman–Crippen LogP) is 4.87. The van der Waals surface area contributed by atoms with Crippen LogP contribution in [0.3, 0.4) is 0 Å². The molecule has 0 saturated heterocycles. The van der Waals surface area contributed by atoms with E-state index >= 15 is 0 Å². The molecule has 1 aliphatic rings. The summed E-state index contributed by atoms with van der Waals surface area (Å²) in [5, 5.41) is 3.23. The van der Waals surface area contributed by atoms with Gasteiger partial charge in [-0.15, -0.1) is 0 Å². The number of hydrogen-bond acceptors (Lipinski definition) is 7. The van der Waals surface area contributed by atoms with Crippen molar-refractivity contribution in [3.8, 4) is 11.5 Å². The number of benzene rings is 2. The molecule has 2 aromatic carbocycles. The van der Waals surface area contributed by atoms with E-state index in [1.807, 2.05) is 19.9 Å². The molecule has 3 aromatic rings. The molecule has 33 heavy (non-hydrogen) atoms. The van der Waals surface area contributed by atoms with Gasteiger partial charge >= 0.3 is 0 Å². The molecular weight excluding hydrogens is 462 g/mol. The molecule has 0 aliphatic carbocycles. The molecule has 0 saturated carbocycles. The molecule has 1 aromatic heterocycles. The molecule has 0 unspecified atom stereocenters. The van der Waals surface area contributed by atoms with Gasteiger partial charge in [0.15, 0.2) is 16.6 Å². The van der Waals surface area contributed by atoms with Crippen LogP contribution in [0.4, 0.5) is 5.13 Å².